The van der Waals surface area contributed by atoms with E-state index in [0.29, 0.717) is 17.5 Å². The van der Waals surface area contributed by atoms with Crippen LogP contribution in [0.2, 0.25) is 0 Å². The van der Waals surface area contributed by atoms with Crippen LogP contribution >= 0.6 is 0 Å². The number of imidazole rings is 1. The van der Waals surface area contributed by atoms with E-state index in [2.05, 4.69) is 4.98 Å². The number of aryl methyl sites for hydroxylation is 1. The Morgan fingerprint density at radius 1 is 1.47 bits per heavy atom. The smallest absolute Gasteiger partial charge is 0.153 e. The summed E-state index contributed by atoms with van der Waals surface area (Å²) in [6, 6.07) is 5.01. The molecule has 0 aliphatic heterocycles. The minimum Gasteiger partial charge on any atom is -0.506 e. The Hall–Kier alpha value is -2.10. The van der Waals surface area contributed by atoms with Crippen LogP contribution < -0.4 is 0 Å². The molecule has 76 valence electrons. The molecule has 1 aromatic carbocycles. The Labute approximate surface area is 86.8 Å². The molecule has 4 heteroatoms. The maximum absolute atomic E-state index is 10.6. The standard InChI is InChI=1S/C11H10N2O2/c1-13-5-10(12-7-13)9-4-2-3-8(6-14)11(9)15/h2-7,15H,1H3. The summed E-state index contributed by atoms with van der Waals surface area (Å²) in [4.78, 5) is 14.7. The van der Waals surface area contributed by atoms with E-state index in [1.54, 1.807) is 35.3 Å². The molecule has 0 bridgehead atoms. The molecule has 0 fully saturated rings. The van der Waals surface area contributed by atoms with Crippen molar-refractivity contribution in [3.63, 3.8) is 0 Å². The lowest BCUT2D eigenvalue weighted by Gasteiger charge is -2.02. The van der Waals surface area contributed by atoms with Gasteiger partial charge in [0.15, 0.2) is 6.29 Å². The van der Waals surface area contributed by atoms with Crippen LogP contribution in [0.1, 0.15) is 10.4 Å². The molecule has 2 aromatic rings. The van der Waals surface area contributed by atoms with Gasteiger partial charge in [0.1, 0.15) is 5.75 Å². The Kier molecular flexibility index (Phi) is 2.25. The first-order valence-electron chi connectivity index (χ1n) is 4.48. The van der Waals surface area contributed by atoms with Crippen molar-refractivity contribution in [2.75, 3.05) is 0 Å². The van der Waals surface area contributed by atoms with Crippen LogP contribution in [-0.2, 0) is 7.05 Å². The van der Waals surface area contributed by atoms with Crippen LogP contribution in [0, 0.1) is 0 Å². The average molecular weight is 202 g/mol. The fourth-order valence-electron chi connectivity index (χ4n) is 1.42. The van der Waals surface area contributed by atoms with Crippen LogP contribution in [0.5, 0.6) is 5.75 Å². The maximum Gasteiger partial charge on any atom is 0.153 e. The summed E-state index contributed by atoms with van der Waals surface area (Å²) >= 11 is 0. The first-order chi connectivity index (χ1) is 7.22. The number of carbonyl (C=O) groups is 1. The van der Waals surface area contributed by atoms with Gasteiger partial charge < -0.3 is 9.67 Å². The molecule has 0 aliphatic carbocycles. The highest BCUT2D eigenvalue weighted by molar-refractivity contribution is 5.84. The van der Waals surface area contributed by atoms with E-state index >= 15 is 0 Å². The molecule has 0 aliphatic rings. The maximum atomic E-state index is 10.6. The fourth-order valence-corrected chi connectivity index (χ4v) is 1.42. The van der Waals surface area contributed by atoms with Crippen LogP contribution in [0.15, 0.2) is 30.7 Å². The molecule has 2 rings (SSSR count). The molecular weight excluding hydrogens is 192 g/mol. The highest BCUT2D eigenvalue weighted by Crippen LogP contribution is 2.29. The molecule has 0 saturated carbocycles. The lowest BCUT2D eigenvalue weighted by molar-refractivity contribution is 0.112. The van der Waals surface area contributed by atoms with Crippen molar-refractivity contribution in [1.82, 2.24) is 9.55 Å². The second kappa shape index (κ2) is 3.57. The van der Waals surface area contributed by atoms with E-state index in [1.165, 1.54) is 0 Å². The topological polar surface area (TPSA) is 55.1 Å². The molecule has 1 heterocycles. The molecule has 0 unspecified atom stereocenters. The Morgan fingerprint density at radius 3 is 2.87 bits per heavy atom. The lowest BCUT2D eigenvalue weighted by Crippen LogP contribution is -1.85. The van der Waals surface area contributed by atoms with Gasteiger partial charge in [0, 0.05) is 18.8 Å². The van der Waals surface area contributed by atoms with Gasteiger partial charge in [0.25, 0.3) is 0 Å². The summed E-state index contributed by atoms with van der Waals surface area (Å²) in [5, 5.41) is 9.77. The minimum atomic E-state index is -0.0220. The fraction of sp³-hybridized carbons (Fsp3) is 0.0909. The van der Waals surface area contributed by atoms with Gasteiger partial charge in [0.05, 0.1) is 17.6 Å². The Morgan fingerprint density at radius 2 is 2.27 bits per heavy atom. The lowest BCUT2D eigenvalue weighted by atomic mass is 10.1. The van der Waals surface area contributed by atoms with Crippen molar-refractivity contribution in [3.8, 4) is 17.0 Å². The van der Waals surface area contributed by atoms with Gasteiger partial charge >= 0.3 is 0 Å². The number of hydrogen-bond acceptors (Lipinski definition) is 3. The molecule has 1 aromatic heterocycles. The monoisotopic (exact) mass is 202 g/mol. The van der Waals surface area contributed by atoms with E-state index in [1.807, 2.05) is 7.05 Å². The third kappa shape index (κ3) is 1.61. The number of aromatic hydroxyl groups is 1. The van der Waals surface area contributed by atoms with E-state index < -0.39 is 0 Å². The third-order valence-electron chi connectivity index (χ3n) is 2.18. The second-order valence-corrected chi connectivity index (χ2v) is 3.29. The van der Waals surface area contributed by atoms with Gasteiger partial charge in [-0.3, -0.25) is 4.79 Å². The Balaban J connectivity index is 2.58. The molecule has 4 nitrogen and oxygen atoms in total. The molecule has 1 N–H and O–H groups in total. The zero-order valence-corrected chi connectivity index (χ0v) is 8.21. The van der Waals surface area contributed by atoms with Gasteiger partial charge in [-0.2, -0.15) is 0 Å². The molecule has 0 spiro atoms. The quantitative estimate of drug-likeness (QED) is 0.752. The van der Waals surface area contributed by atoms with Crippen molar-refractivity contribution in [2.45, 2.75) is 0 Å². The van der Waals surface area contributed by atoms with Gasteiger partial charge in [-0.25, -0.2) is 4.98 Å². The number of benzene rings is 1. The first-order valence-corrected chi connectivity index (χ1v) is 4.48. The van der Waals surface area contributed by atoms with Crippen molar-refractivity contribution < 1.29 is 9.90 Å². The zero-order valence-electron chi connectivity index (χ0n) is 8.21. The molecule has 0 saturated heterocycles. The summed E-state index contributed by atoms with van der Waals surface area (Å²) in [7, 11) is 1.84. The number of carbonyl (C=O) groups excluding carboxylic acids is 1. The minimum absolute atomic E-state index is 0.0220. The van der Waals surface area contributed by atoms with Gasteiger partial charge in [-0.15, -0.1) is 0 Å². The van der Waals surface area contributed by atoms with Crippen molar-refractivity contribution >= 4 is 6.29 Å². The molecule has 15 heavy (non-hydrogen) atoms. The van der Waals surface area contributed by atoms with Gasteiger partial charge in [-0.05, 0) is 12.1 Å². The number of para-hydroxylation sites is 1. The Bertz CT molecular complexity index is 503. The molecular formula is C11H10N2O2. The van der Waals surface area contributed by atoms with Crippen LogP contribution in [0.3, 0.4) is 0 Å². The van der Waals surface area contributed by atoms with E-state index in [0.717, 1.165) is 0 Å². The van der Waals surface area contributed by atoms with E-state index in [9.17, 15) is 9.90 Å². The van der Waals surface area contributed by atoms with E-state index in [4.69, 9.17) is 0 Å². The zero-order chi connectivity index (χ0) is 10.8. The highest BCUT2D eigenvalue weighted by Gasteiger charge is 2.09. The normalized spacial score (nSPS) is 10.2. The van der Waals surface area contributed by atoms with Crippen LogP contribution in [-0.4, -0.2) is 20.9 Å². The molecule has 0 atom stereocenters. The summed E-state index contributed by atoms with van der Waals surface area (Å²) in [6.45, 7) is 0. The number of phenols is 1. The predicted octanol–water partition coefficient (Wildman–Crippen LogP) is 1.61. The number of aromatic nitrogens is 2. The predicted molar refractivity (Wildman–Crippen MR) is 55.7 cm³/mol. The summed E-state index contributed by atoms with van der Waals surface area (Å²) < 4.78 is 1.78. The van der Waals surface area contributed by atoms with Crippen molar-refractivity contribution in [3.05, 3.63) is 36.3 Å². The summed E-state index contributed by atoms with van der Waals surface area (Å²) in [5.74, 6) is -0.0220. The number of phenolic OH excluding ortho intramolecular Hbond substituents is 1. The largest absolute Gasteiger partial charge is 0.506 e. The number of rotatable bonds is 2. The van der Waals surface area contributed by atoms with Crippen LogP contribution in [0.25, 0.3) is 11.3 Å². The highest BCUT2D eigenvalue weighted by atomic mass is 16.3. The van der Waals surface area contributed by atoms with Gasteiger partial charge in [0.2, 0.25) is 0 Å². The number of nitrogens with zero attached hydrogens (tertiary/aromatic N) is 2. The summed E-state index contributed by atoms with van der Waals surface area (Å²) in [6.07, 6.45) is 4.05. The second-order valence-electron chi connectivity index (χ2n) is 3.29. The van der Waals surface area contributed by atoms with Gasteiger partial charge in [-0.1, -0.05) is 6.07 Å². The summed E-state index contributed by atoms with van der Waals surface area (Å²) in [5.41, 5.74) is 1.50. The molecule has 0 radical (unpaired) electrons. The SMILES string of the molecule is Cn1cnc(-c2cccc(C=O)c2O)c1. The van der Waals surface area contributed by atoms with Crippen molar-refractivity contribution in [1.29, 1.82) is 0 Å². The number of hydrogen-bond donors (Lipinski definition) is 1. The molecule has 0 amide bonds. The van der Waals surface area contributed by atoms with E-state index in [-0.39, 0.29) is 11.3 Å². The number of aldehydes is 1. The third-order valence-corrected chi connectivity index (χ3v) is 2.18. The van der Waals surface area contributed by atoms with Crippen molar-refractivity contribution in [2.24, 2.45) is 7.05 Å². The average Bonchev–Trinajstić information content (AvgIpc) is 2.65. The first kappa shape index (κ1) is 9.45. The van der Waals surface area contributed by atoms with Crippen LogP contribution in [0.4, 0.5) is 0 Å².